The van der Waals surface area contributed by atoms with Crippen molar-refractivity contribution in [3.63, 3.8) is 0 Å². The maximum Gasteiger partial charge on any atom is 0.208 e. The largest absolute Gasteiger partial charge is 0.497 e. The van der Waals surface area contributed by atoms with E-state index in [1.165, 1.54) is 16.0 Å². The molecule has 0 bridgehead atoms. The summed E-state index contributed by atoms with van der Waals surface area (Å²) in [5.41, 5.74) is 0.582. The normalized spacial score (nSPS) is 14.1. The van der Waals surface area contributed by atoms with Crippen LogP contribution in [0.2, 0.25) is 0 Å². The predicted molar refractivity (Wildman–Crippen MR) is 96.6 cm³/mol. The zero-order chi connectivity index (χ0) is 16.2. The topological polar surface area (TPSA) is 80.4 Å². The Morgan fingerprint density at radius 3 is 2.62 bits per heavy atom. The monoisotopic (exact) mass is 414 g/mol. The van der Waals surface area contributed by atoms with Gasteiger partial charge < -0.3 is 14.4 Å². The Balaban J connectivity index is 0.00000208. The molecule has 1 N–H and O–H groups in total. The number of anilines is 1. The molecular weight excluding hydrogens is 396 g/mol. The summed E-state index contributed by atoms with van der Waals surface area (Å²) in [6.07, 6.45) is 0. The molecule has 9 heteroatoms. The zero-order valence-electron chi connectivity index (χ0n) is 13.2. The predicted octanol–water partition coefficient (Wildman–Crippen LogP) is 1.73. The number of carbonyl (C=O) groups excluding carboxylic acids is 1. The maximum atomic E-state index is 12.3. The molecule has 0 spiro atoms. The fourth-order valence-corrected chi connectivity index (χ4v) is 3.14. The number of rotatable bonds is 5. The van der Waals surface area contributed by atoms with Crippen LogP contribution in [0, 0.1) is 5.41 Å². The number of morpholine rings is 1. The van der Waals surface area contributed by atoms with Crippen molar-refractivity contribution < 1.29 is 14.3 Å². The average molecular weight is 415 g/mol. The Hall–Kier alpha value is -1.71. The second-order valence-electron chi connectivity index (χ2n) is 5.10. The number of nitrogens with zero attached hydrogens (tertiary/aromatic N) is 3. The van der Waals surface area contributed by atoms with Crippen LogP contribution >= 0.6 is 28.3 Å². The highest BCUT2D eigenvalue weighted by molar-refractivity contribution is 8.93. The number of nitrogens with one attached hydrogen (secondary N) is 1. The molecule has 1 aromatic heterocycles. The molecule has 1 aliphatic heterocycles. The molecule has 1 saturated heterocycles. The van der Waals surface area contributed by atoms with Crippen molar-refractivity contribution in [2.45, 2.75) is 6.54 Å². The molecule has 0 aliphatic carbocycles. The molecule has 0 amide bonds. The fraction of sp³-hybridized carbons (Fsp3) is 0.400. The summed E-state index contributed by atoms with van der Waals surface area (Å²) in [7, 11) is 1.58. The maximum absolute atomic E-state index is 12.3. The van der Waals surface area contributed by atoms with Crippen molar-refractivity contribution >= 4 is 39.2 Å². The van der Waals surface area contributed by atoms with E-state index >= 15 is 0 Å². The molecule has 0 unspecified atom stereocenters. The van der Waals surface area contributed by atoms with Gasteiger partial charge in [-0.1, -0.05) is 11.3 Å². The molecule has 0 atom stereocenters. The van der Waals surface area contributed by atoms with E-state index in [4.69, 9.17) is 14.9 Å². The highest BCUT2D eigenvalue weighted by Crippen LogP contribution is 2.16. The van der Waals surface area contributed by atoms with Crippen LogP contribution in [0.3, 0.4) is 0 Å². The van der Waals surface area contributed by atoms with Crippen LogP contribution in [0.4, 0.5) is 5.13 Å². The van der Waals surface area contributed by atoms with E-state index in [2.05, 4.69) is 10.00 Å². The van der Waals surface area contributed by atoms with Gasteiger partial charge in [-0.3, -0.25) is 10.2 Å². The third-order valence-electron chi connectivity index (χ3n) is 3.62. The highest BCUT2D eigenvalue weighted by atomic mass is 79.9. The lowest BCUT2D eigenvalue weighted by molar-refractivity contribution is 0.0965. The van der Waals surface area contributed by atoms with Crippen molar-refractivity contribution in [2.24, 2.45) is 0 Å². The van der Waals surface area contributed by atoms with Gasteiger partial charge in [0.05, 0.1) is 20.3 Å². The highest BCUT2D eigenvalue weighted by Gasteiger charge is 2.17. The Bertz CT molecular complexity index is 738. The van der Waals surface area contributed by atoms with Crippen LogP contribution in [0.5, 0.6) is 5.75 Å². The van der Waals surface area contributed by atoms with E-state index in [-0.39, 0.29) is 34.1 Å². The minimum atomic E-state index is -0.0787. The molecule has 24 heavy (non-hydrogen) atoms. The van der Waals surface area contributed by atoms with Crippen LogP contribution < -0.4 is 14.4 Å². The second-order valence-corrected chi connectivity index (χ2v) is 6.05. The third kappa shape index (κ3) is 4.22. The first kappa shape index (κ1) is 18.6. The molecule has 0 saturated carbocycles. The number of aromatic nitrogens is 2. The van der Waals surface area contributed by atoms with Crippen LogP contribution in [-0.2, 0) is 11.3 Å². The van der Waals surface area contributed by atoms with Gasteiger partial charge in [-0.05, 0) is 24.3 Å². The number of ketones is 1. The number of methoxy groups -OCH3 is 1. The van der Waals surface area contributed by atoms with Gasteiger partial charge in [0.1, 0.15) is 12.3 Å². The number of halogens is 1. The van der Waals surface area contributed by atoms with Gasteiger partial charge in [-0.15, -0.1) is 22.1 Å². The number of Topliss-reactive ketones (excluding diaryl/α,β-unsaturated/α-hetero) is 1. The summed E-state index contributed by atoms with van der Waals surface area (Å²) in [5.74, 6) is 0.628. The van der Waals surface area contributed by atoms with Gasteiger partial charge in [0.15, 0.2) is 5.78 Å². The smallest absolute Gasteiger partial charge is 0.208 e. The first-order chi connectivity index (χ1) is 11.2. The minimum Gasteiger partial charge on any atom is -0.497 e. The molecule has 1 aliphatic rings. The SMILES string of the molecule is Br.COc1ccc(C(=O)Cn2nc(N3CCOCC3)sc2=N)cc1. The molecular formula is C15H19BrN4O3S. The average Bonchev–Trinajstić information content (AvgIpc) is 2.96. The van der Waals surface area contributed by atoms with Crippen LogP contribution in [0.1, 0.15) is 10.4 Å². The summed E-state index contributed by atoms with van der Waals surface area (Å²) >= 11 is 1.28. The van der Waals surface area contributed by atoms with Crippen LogP contribution in [0.25, 0.3) is 0 Å². The molecule has 2 aromatic rings. The molecule has 1 aromatic carbocycles. The van der Waals surface area contributed by atoms with E-state index in [1.807, 2.05) is 0 Å². The van der Waals surface area contributed by atoms with Crippen molar-refractivity contribution in [1.82, 2.24) is 9.78 Å². The van der Waals surface area contributed by atoms with E-state index in [1.54, 1.807) is 31.4 Å². The third-order valence-corrected chi connectivity index (χ3v) is 4.54. The Morgan fingerprint density at radius 1 is 1.33 bits per heavy atom. The van der Waals surface area contributed by atoms with Crippen molar-refractivity contribution in [1.29, 1.82) is 5.41 Å². The van der Waals surface area contributed by atoms with Crippen molar-refractivity contribution in [3.8, 4) is 5.75 Å². The number of hydrogen-bond acceptors (Lipinski definition) is 7. The van der Waals surface area contributed by atoms with E-state index in [0.29, 0.717) is 24.5 Å². The van der Waals surface area contributed by atoms with Crippen LogP contribution in [0.15, 0.2) is 24.3 Å². The Labute approximate surface area is 154 Å². The molecule has 0 radical (unpaired) electrons. The summed E-state index contributed by atoms with van der Waals surface area (Å²) in [4.78, 5) is 14.7. The molecule has 2 heterocycles. The Morgan fingerprint density at radius 2 is 2.00 bits per heavy atom. The van der Waals surface area contributed by atoms with E-state index in [9.17, 15) is 4.79 Å². The summed E-state index contributed by atoms with van der Waals surface area (Å²) in [6.45, 7) is 2.92. The van der Waals surface area contributed by atoms with Gasteiger partial charge in [0.2, 0.25) is 9.93 Å². The number of benzene rings is 1. The Kier molecular flexibility index (Phi) is 6.52. The number of carbonyl (C=O) groups is 1. The molecule has 7 nitrogen and oxygen atoms in total. The quantitative estimate of drug-likeness (QED) is 0.753. The fourth-order valence-electron chi connectivity index (χ4n) is 2.30. The molecule has 130 valence electrons. The zero-order valence-corrected chi connectivity index (χ0v) is 15.8. The lowest BCUT2D eigenvalue weighted by atomic mass is 10.1. The molecule has 1 fully saturated rings. The minimum absolute atomic E-state index is 0. The summed E-state index contributed by atoms with van der Waals surface area (Å²) in [6, 6.07) is 6.95. The second kappa shape index (κ2) is 8.41. The van der Waals surface area contributed by atoms with Gasteiger partial charge in [-0.25, -0.2) is 4.68 Å². The molecule has 3 rings (SSSR count). The van der Waals surface area contributed by atoms with E-state index in [0.717, 1.165) is 18.2 Å². The lowest BCUT2D eigenvalue weighted by Crippen LogP contribution is -2.36. The number of hydrogen-bond donors (Lipinski definition) is 1. The van der Waals surface area contributed by atoms with E-state index < -0.39 is 0 Å². The van der Waals surface area contributed by atoms with Crippen LogP contribution in [-0.4, -0.2) is 49.0 Å². The first-order valence-electron chi connectivity index (χ1n) is 7.30. The van der Waals surface area contributed by atoms with Crippen molar-refractivity contribution in [2.75, 3.05) is 38.3 Å². The summed E-state index contributed by atoms with van der Waals surface area (Å²) in [5, 5.41) is 13.2. The van der Waals surface area contributed by atoms with Gasteiger partial charge in [0.25, 0.3) is 0 Å². The van der Waals surface area contributed by atoms with Gasteiger partial charge in [0, 0.05) is 18.7 Å². The first-order valence-corrected chi connectivity index (χ1v) is 8.11. The lowest BCUT2D eigenvalue weighted by Gasteiger charge is -2.25. The van der Waals surface area contributed by atoms with Gasteiger partial charge in [-0.2, -0.15) is 0 Å². The van der Waals surface area contributed by atoms with Crippen molar-refractivity contribution in [3.05, 3.63) is 34.6 Å². The number of ether oxygens (including phenoxy) is 2. The van der Waals surface area contributed by atoms with Gasteiger partial charge >= 0.3 is 0 Å². The standard InChI is InChI=1S/C15H18N4O3S.BrH/c1-21-12-4-2-11(3-5-12)13(20)10-19-14(16)23-15(17-19)18-6-8-22-9-7-18;/h2-5,16H,6-10H2,1H3;1H. The summed E-state index contributed by atoms with van der Waals surface area (Å²) < 4.78 is 11.8.